The second-order valence-corrected chi connectivity index (χ2v) is 12.3. The number of hydrogen-bond acceptors (Lipinski definition) is 7. The molecule has 2 aliphatic heterocycles. The van der Waals surface area contributed by atoms with E-state index in [4.69, 9.17) is 4.74 Å². The number of carbonyl (C=O) groups excluding carboxylic acids is 1. The zero-order valence-corrected chi connectivity index (χ0v) is 26.7. The first-order chi connectivity index (χ1) is 22.5. The van der Waals surface area contributed by atoms with Crippen LogP contribution in [0.3, 0.4) is 0 Å². The Morgan fingerprint density at radius 1 is 0.957 bits per heavy atom. The molecule has 3 heterocycles. The lowest BCUT2D eigenvalue weighted by molar-refractivity contribution is -0.122. The molecule has 9 nitrogen and oxygen atoms in total. The van der Waals surface area contributed by atoms with Gasteiger partial charge in [-0.1, -0.05) is 85.0 Å². The molecule has 2 saturated heterocycles. The average Bonchev–Trinajstić information content (AvgIpc) is 3.68. The van der Waals surface area contributed by atoms with Crippen molar-refractivity contribution in [2.24, 2.45) is 5.92 Å². The molecule has 3 aromatic carbocycles. The highest BCUT2D eigenvalue weighted by molar-refractivity contribution is 6.06. The number of methoxy groups -OCH3 is 1. The number of amides is 1. The minimum Gasteiger partial charge on any atom is -0.395 e. The van der Waals surface area contributed by atoms with Crippen molar-refractivity contribution in [2.75, 3.05) is 43.3 Å². The number of para-hydroxylation sites is 1. The minimum atomic E-state index is -0.518. The molecule has 0 bridgehead atoms. The summed E-state index contributed by atoms with van der Waals surface area (Å²) in [6.45, 7) is 5.03. The maximum absolute atomic E-state index is 14.0. The zero-order valence-electron chi connectivity index (χ0n) is 26.7. The number of aromatic nitrogens is 3. The lowest BCUT2D eigenvalue weighted by Crippen LogP contribution is -2.55. The molecule has 1 aromatic heterocycles. The Balaban J connectivity index is 1.08. The number of allylic oxidation sites excluding steroid dienone is 1. The fourth-order valence-corrected chi connectivity index (χ4v) is 6.92. The van der Waals surface area contributed by atoms with Gasteiger partial charge in [-0.3, -0.25) is 14.4 Å². The highest BCUT2D eigenvalue weighted by Gasteiger charge is 2.53. The Hall–Kier alpha value is -4.31. The number of hydrogen-bond donors (Lipinski definition) is 2. The van der Waals surface area contributed by atoms with E-state index >= 15 is 0 Å². The van der Waals surface area contributed by atoms with E-state index in [1.807, 2.05) is 64.3 Å². The zero-order chi connectivity index (χ0) is 31.9. The van der Waals surface area contributed by atoms with Gasteiger partial charge < -0.3 is 20.1 Å². The third kappa shape index (κ3) is 6.49. The van der Waals surface area contributed by atoms with Crippen LogP contribution in [0.4, 0.5) is 11.4 Å². The highest BCUT2D eigenvalue weighted by atomic mass is 16.5. The summed E-state index contributed by atoms with van der Waals surface area (Å²) in [4.78, 5) is 18.2. The molecule has 3 atom stereocenters. The summed E-state index contributed by atoms with van der Waals surface area (Å²) < 4.78 is 7.78. The molecule has 2 aliphatic rings. The van der Waals surface area contributed by atoms with Gasteiger partial charge in [0.05, 0.1) is 31.0 Å². The summed E-state index contributed by atoms with van der Waals surface area (Å²) in [6, 6.07) is 28.5. The van der Waals surface area contributed by atoms with E-state index in [0.717, 1.165) is 60.5 Å². The van der Waals surface area contributed by atoms with Gasteiger partial charge in [0, 0.05) is 37.1 Å². The van der Waals surface area contributed by atoms with Crippen molar-refractivity contribution in [3.63, 3.8) is 0 Å². The van der Waals surface area contributed by atoms with E-state index in [9.17, 15) is 9.90 Å². The molecule has 46 heavy (non-hydrogen) atoms. The Morgan fingerprint density at radius 3 is 2.33 bits per heavy atom. The van der Waals surface area contributed by atoms with Crippen molar-refractivity contribution in [1.82, 2.24) is 20.3 Å². The Labute approximate surface area is 271 Å². The number of nitrogens with zero attached hydrogens (tertiary/aromatic N) is 5. The molecule has 0 aliphatic carbocycles. The summed E-state index contributed by atoms with van der Waals surface area (Å²) in [5, 5.41) is 22.0. The highest BCUT2D eigenvalue weighted by Crippen LogP contribution is 2.40. The third-order valence-corrected chi connectivity index (χ3v) is 9.47. The maximum Gasteiger partial charge on any atom is 0.254 e. The van der Waals surface area contributed by atoms with Crippen LogP contribution in [-0.4, -0.2) is 65.0 Å². The van der Waals surface area contributed by atoms with Gasteiger partial charge in [-0.05, 0) is 67.7 Å². The molecule has 240 valence electrons. The van der Waals surface area contributed by atoms with Crippen LogP contribution in [0, 0.1) is 5.92 Å². The average molecular weight is 621 g/mol. The molecular formula is C37H44N6O3. The van der Waals surface area contributed by atoms with Gasteiger partial charge in [0.1, 0.15) is 5.54 Å². The molecule has 4 aromatic rings. The predicted molar refractivity (Wildman–Crippen MR) is 181 cm³/mol. The van der Waals surface area contributed by atoms with Crippen molar-refractivity contribution in [3.8, 4) is 0 Å². The molecule has 0 radical (unpaired) electrons. The molecule has 0 saturated carbocycles. The number of aliphatic hydroxyl groups excluding tert-OH is 1. The number of ether oxygens (including phenoxy) is 1. The first kappa shape index (κ1) is 31.7. The second-order valence-electron chi connectivity index (χ2n) is 12.3. The fourth-order valence-electron chi connectivity index (χ4n) is 6.92. The lowest BCUT2D eigenvalue weighted by atomic mass is 9.86. The molecule has 9 heteroatoms. The van der Waals surface area contributed by atoms with Crippen LogP contribution < -0.4 is 15.1 Å². The summed E-state index contributed by atoms with van der Waals surface area (Å²) >= 11 is 0. The Bertz CT molecular complexity index is 1580. The SMILES string of the molecule is CO[C@H](c1ccc(N2CN(c3ccccc3)C3(CCNCC3)C2=O)cc1)[C@H](C)/C=C/CCn1cc(C(CO)c2ccccc2)nn1. The van der Waals surface area contributed by atoms with Gasteiger partial charge in [0.2, 0.25) is 0 Å². The largest absolute Gasteiger partial charge is 0.395 e. The Kier molecular flexibility index (Phi) is 9.92. The van der Waals surface area contributed by atoms with E-state index in [0.29, 0.717) is 13.2 Å². The van der Waals surface area contributed by atoms with Gasteiger partial charge in [0.25, 0.3) is 5.91 Å². The summed E-state index contributed by atoms with van der Waals surface area (Å²) in [5.74, 6) is 0.132. The van der Waals surface area contributed by atoms with Gasteiger partial charge in [0.15, 0.2) is 0 Å². The van der Waals surface area contributed by atoms with Crippen LogP contribution in [-0.2, 0) is 16.1 Å². The summed E-state index contributed by atoms with van der Waals surface area (Å²) in [6.07, 6.45) is 8.52. The first-order valence-corrected chi connectivity index (χ1v) is 16.2. The van der Waals surface area contributed by atoms with E-state index < -0.39 is 5.54 Å². The van der Waals surface area contributed by atoms with Crippen LogP contribution in [0.2, 0.25) is 0 Å². The van der Waals surface area contributed by atoms with Crippen molar-refractivity contribution >= 4 is 17.3 Å². The lowest BCUT2D eigenvalue weighted by Gasteiger charge is -2.39. The van der Waals surface area contributed by atoms with Crippen LogP contribution in [0.5, 0.6) is 0 Å². The third-order valence-electron chi connectivity index (χ3n) is 9.47. The van der Waals surface area contributed by atoms with Crippen LogP contribution in [0.25, 0.3) is 0 Å². The topological polar surface area (TPSA) is 95.8 Å². The van der Waals surface area contributed by atoms with Crippen LogP contribution in [0.15, 0.2) is 103 Å². The molecule has 1 unspecified atom stereocenters. The van der Waals surface area contributed by atoms with Crippen molar-refractivity contribution < 1.29 is 14.6 Å². The molecule has 6 rings (SSSR count). The molecule has 1 amide bonds. The van der Waals surface area contributed by atoms with Crippen LogP contribution in [0.1, 0.15) is 55.0 Å². The number of benzene rings is 3. The van der Waals surface area contributed by atoms with E-state index in [2.05, 4.69) is 76.0 Å². The molecule has 1 spiro atoms. The monoisotopic (exact) mass is 620 g/mol. The smallest absolute Gasteiger partial charge is 0.254 e. The fraction of sp³-hybridized carbons (Fsp3) is 0.378. The summed E-state index contributed by atoms with van der Waals surface area (Å²) in [7, 11) is 1.74. The number of rotatable bonds is 12. The number of anilines is 2. The van der Waals surface area contributed by atoms with Gasteiger partial charge >= 0.3 is 0 Å². The van der Waals surface area contributed by atoms with Crippen molar-refractivity contribution in [1.29, 1.82) is 0 Å². The number of nitrogens with one attached hydrogen (secondary N) is 1. The second kappa shape index (κ2) is 14.4. The van der Waals surface area contributed by atoms with E-state index in [1.54, 1.807) is 7.11 Å². The predicted octanol–water partition coefficient (Wildman–Crippen LogP) is 5.31. The van der Waals surface area contributed by atoms with E-state index in [1.165, 1.54) is 0 Å². The number of aryl methyl sites for hydroxylation is 1. The normalized spacial score (nSPS) is 18.4. The summed E-state index contributed by atoms with van der Waals surface area (Å²) in [5.41, 5.74) is 4.34. The van der Waals surface area contributed by atoms with Crippen LogP contribution >= 0.6 is 0 Å². The van der Waals surface area contributed by atoms with E-state index in [-0.39, 0.29) is 30.5 Å². The Morgan fingerprint density at radius 2 is 1.65 bits per heavy atom. The molecule has 2 N–H and O–H groups in total. The van der Waals surface area contributed by atoms with Crippen molar-refractivity contribution in [2.45, 2.75) is 50.3 Å². The number of aliphatic hydroxyl groups is 1. The van der Waals surface area contributed by atoms with Gasteiger partial charge in [-0.15, -0.1) is 5.10 Å². The quantitative estimate of drug-likeness (QED) is 0.208. The standard InChI is InChI=1S/C37H44N6O3/c1-28(11-9-10-24-41-25-34(39-40-41)33(26-44)29-12-5-3-6-13-29)35(46-2)30-16-18-31(19-17-30)42-27-43(32-14-7-4-8-15-32)37(36(42)45)20-22-38-23-21-37/h3-9,11-19,25,28,33,35,38,44H,10,20-24,26-27H2,1-2H3/b11-9+/t28-,33?,35+/m1/s1. The maximum atomic E-state index is 14.0. The van der Waals surface area contributed by atoms with Crippen molar-refractivity contribution in [3.05, 3.63) is 120 Å². The molecular weight excluding hydrogens is 576 g/mol. The first-order valence-electron chi connectivity index (χ1n) is 16.2. The number of piperidine rings is 1. The van der Waals surface area contributed by atoms with Gasteiger partial charge in [-0.2, -0.15) is 0 Å². The minimum absolute atomic E-state index is 0.0154. The molecule has 2 fully saturated rings. The van der Waals surface area contributed by atoms with Gasteiger partial charge in [-0.25, -0.2) is 0 Å². The number of carbonyl (C=O) groups is 1.